The standard InChI is InChI=1S/C10H14O/c1-2-3-5-9-6-4-7-10(9)8-11/h3-6,8-10H,2,7H2,1H3/b5-3+. The van der Waals surface area contributed by atoms with Crippen LogP contribution in [-0.2, 0) is 4.79 Å². The summed E-state index contributed by atoms with van der Waals surface area (Å²) in [5.74, 6) is 0.574. The third-order valence-electron chi connectivity index (χ3n) is 2.03. The van der Waals surface area contributed by atoms with Gasteiger partial charge < -0.3 is 4.79 Å². The van der Waals surface area contributed by atoms with E-state index < -0.39 is 0 Å². The topological polar surface area (TPSA) is 17.1 Å². The average Bonchev–Trinajstić information content (AvgIpc) is 2.47. The highest BCUT2D eigenvalue weighted by molar-refractivity contribution is 5.56. The van der Waals surface area contributed by atoms with Crippen LogP contribution in [0.15, 0.2) is 24.3 Å². The Hall–Kier alpha value is -0.850. The molecular formula is C10H14O. The molecule has 0 aromatic carbocycles. The predicted octanol–water partition coefficient (Wildman–Crippen LogP) is 2.34. The zero-order valence-electron chi connectivity index (χ0n) is 6.86. The highest BCUT2D eigenvalue weighted by atomic mass is 16.1. The van der Waals surface area contributed by atoms with Crippen molar-refractivity contribution in [3.63, 3.8) is 0 Å². The lowest BCUT2D eigenvalue weighted by Gasteiger charge is -2.06. The molecule has 0 aromatic heterocycles. The van der Waals surface area contributed by atoms with E-state index in [2.05, 4.69) is 31.2 Å². The van der Waals surface area contributed by atoms with Crippen LogP contribution in [0.5, 0.6) is 0 Å². The number of carbonyl (C=O) groups excluding carboxylic acids is 1. The van der Waals surface area contributed by atoms with Gasteiger partial charge in [-0.05, 0) is 12.8 Å². The maximum atomic E-state index is 10.5. The Kier molecular flexibility index (Phi) is 3.09. The Balaban J connectivity index is 2.49. The molecule has 0 fully saturated rings. The molecule has 0 saturated carbocycles. The zero-order chi connectivity index (χ0) is 8.10. The van der Waals surface area contributed by atoms with Crippen LogP contribution < -0.4 is 0 Å². The minimum atomic E-state index is 0.206. The summed E-state index contributed by atoms with van der Waals surface area (Å²) >= 11 is 0. The third-order valence-corrected chi connectivity index (χ3v) is 2.03. The molecule has 2 unspecified atom stereocenters. The summed E-state index contributed by atoms with van der Waals surface area (Å²) in [6.07, 6.45) is 11.5. The summed E-state index contributed by atoms with van der Waals surface area (Å²) in [7, 11) is 0. The molecule has 0 N–H and O–H groups in total. The predicted molar refractivity (Wildman–Crippen MR) is 46.2 cm³/mol. The van der Waals surface area contributed by atoms with Gasteiger partial charge >= 0.3 is 0 Å². The van der Waals surface area contributed by atoms with Crippen molar-refractivity contribution < 1.29 is 4.79 Å². The van der Waals surface area contributed by atoms with Crippen LogP contribution in [0.4, 0.5) is 0 Å². The second-order valence-electron chi connectivity index (χ2n) is 2.88. The summed E-state index contributed by atoms with van der Waals surface area (Å²) < 4.78 is 0. The van der Waals surface area contributed by atoms with Crippen LogP contribution in [0.25, 0.3) is 0 Å². The van der Waals surface area contributed by atoms with E-state index in [0.29, 0.717) is 5.92 Å². The Bertz CT molecular complexity index is 179. The molecule has 60 valence electrons. The highest BCUT2D eigenvalue weighted by Crippen LogP contribution is 2.24. The highest BCUT2D eigenvalue weighted by Gasteiger charge is 2.18. The van der Waals surface area contributed by atoms with Crippen LogP contribution in [0.3, 0.4) is 0 Å². The Morgan fingerprint density at radius 2 is 2.45 bits per heavy atom. The molecule has 1 heteroatoms. The molecule has 1 rings (SSSR count). The smallest absolute Gasteiger partial charge is 0.124 e. The van der Waals surface area contributed by atoms with E-state index in [0.717, 1.165) is 19.1 Å². The van der Waals surface area contributed by atoms with Gasteiger partial charge in [-0.15, -0.1) is 0 Å². The minimum Gasteiger partial charge on any atom is -0.303 e. The second kappa shape index (κ2) is 4.12. The summed E-state index contributed by atoms with van der Waals surface area (Å²) in [6, 6.07) is 0. The molecule has 0 heterocycles. The van der Waals surface area contributed by atoms with Crippen molar-refractivity contribution in [3.8, 4) is 0 Å². The number of rotatable bonds is 3. The largest absolute Gasteiger partial charge is 0.303 e. The first kappa shape index (κ1) is 8.25. The van der Waals surface area contributed by atoms with Gasteiger partial charge in [0.25, 0.3) is 0 Å². The SMILES string of the molecule is CC/C=C/C1C=CCC1C=O. The van der Waals surface area contributed by atoms with Crippen molar-refractivity contribution in [3.05, 3.63) is 24.3 Å². The van der Waals surface area contributed by atoms with E-state index in [1.807, 2.05) is 0 Å². The van der Waals surface area contributed by atoms with E-state index in [9.17, 15) is 4.79 Å². The van der Waals surface area contributed by atoms with Gasteiger partial charge in [0, 0.05) is 11.8 Å². The lowest BCUT2D eigenvalue weighted by molar-refractivity contribution is -0.111. The van der Waals surface area contributed by atoms with Gasteiger partial charge in [-0.1, -0.05) is 31.2 Å². The fraction of sp³-hybridized carbons (Fsp3) is 0.500. The lowest BCUT2D eigenvalue weighted by Crippen LogP contribution is -2.06. The molecule has 0 radical (unpaired) electrons. The molecule has 11 heavy (non-hydrogen) atoms. The molecule has 0 aliphatic heterocycles. The van der Waals surface area contributed by atoms with Crippen molar-refractivity contribution in [2.45, 2.75) is 19.8 Å². The number of carbonyl (C=O) groups is 1. The number of allylic oxidation sites excluding steroid dienone is 4. The third kappa shape index (κ3) is 2.04. The monoisotopic (exact) mass is 150 g/mol. The number of aldehydes is 1. The fourth-order valence-electron chi connectivity index (χ4n) is 1.34. The van der Waals surface area contributed by atoms with Gasteiger partial charge in [-0.3, -0.25) is 0 Å². The van der Waals surface area contributed by atoms with Gasteiger partial charge in [0.1, 0.15) is 6.29 Å². The average molecular weight is 150 g/mol. The zero-order valence-corrected chi connectivity index (χ0v) is 6.86. The molecule has 1 aliphatic rings. The molecular weight excluding hydrogens is 136 g/mol. The van der Waals surface area contributed by atoms with E-state index in [1.165, 1.54) is 0 Å². The van der Waals surface area contributed by atoms with Gasteiger partial charge in [0.2, 0.25) is 0 Å². The van der Waals surface area contributed by atoms with Gasteiger partial charge in [0.05, 0.1) is 0 Å². The molecule has 0 spiro atoms. The Morgan fingerprint density at radius 1 is 1.64 bits per heavy atom. The summed E-state index contributed by atoms with van der Waals surface area (Å²) in [6.45, 7) is 2.10. The van der Waals surface area contributed by atoms with Gasteiger partial charge in [-0.2, -0.15) is 0 Å². The summed E-state index contributed by atoms with van der Waals surface area (Å²) in [5, 5.41) is 0. The van der Waals surface area contributed by atoms with Crippen molar-refractivity contribution in [1.29, 1.82) is 0 Å². The Labute approximate surface area is 67.8 Å². The maximum Gasteiger partial charge on any atom is 0.124 e. The van der Waals surface area contributed by atoms with Crippen LogP contribution in [0, 0.1) is 11.8 Å². The molecule has 2 atom stereocenters. The molecule has 0 amide bonds. The van der Waals surface area contributed by atoms with Crippen molar-refractivity contribution in [2.75, 3.05) is 0 Å². The number of hydrogen-bond acceptors (Lipinski definition) is 1. The first-order valence-corrected chi connectivity index (χ1v) is 4.17. The first-order chi connectivity index (χ1) is 5.38. The van der Waals surface area contributed by atoms with Crippen molar-refractivity contribution in [2.24, 2.45) is 11.8 Å². The van der Waals surface area contributed by atoms with Crippen molar-refractivity contribution >= 4 is 6.29 Å². The molecule has 0 saturated heterocycles. The fourth-order valence-corrected chi connectivity index (χ4v) is 1.34. The molecule has 1 nitrogen and oxygen atoms in total. The Morgan fingerprint density at radius 3 is 3.09 bits per heavy atom. The summed E-state index contributed by atoms with van der Waals surface area (Å²) in [5.41, 5.74) is 0. The van der Waals surface area contributed by atoms with Crippen LogP contribution >= 0.6 is 0 Å². The van der Waals surface area contributed by atoms with Crippen LogP contribution in [0.1, 0.15) is 19.8 Å². The van der Waals surface area contributed by atoms with Crippen LogP contribution in [0.2, 0.25) is 0 Å². The summed E-state index contributed by atoms with van der Waals surface area (Å²) in [4.78, 5) is 10.5. The lowest BCUT2D eigenvalue weighted by atomic mass is 9.97. The minimum absolute atomic E-state index is 0.206. The number of hydrogen-bond donors (Lipinski definition) is 0. The quantitative estimate of drug-likeness (QED) is 0.446. The molecule has 1 aliphatic carbocycles. The van der Waals surface area contributed by atoms with Crippen molar-refractivity contribution in [1.82, 2.24) is 0 Å². The van der Waals surface area contributed by atoms with E-state index in [4.69, 9.17) is 0 Å². The first-order valence-electron chi connectivity index (χ1n) is 4.17. The van der Waals surface area contributed by atoms with Crippen LogP contribution in [-0.4, -0.2) is 6.29 Å². The van der Waals surface area contributed by atoms with Gasteiger partial charge in [-0.25, -0.2) is 0 Å². The normalized spacial score (nSPS) is 29.9. The molecule has 0 bridgehead atoms. The second-order valence-corrected chi connectivity index (χ2v) is 2.88. The van der Waals surface area contributed by atoms with E-state index in [-0.39, 0.29) is 5.92 Å². The maximum absolute atomic E-state index is 10.5. The van der Waals surface area contributed by atoms with Gasteiger partial charge in [0.15, 0.2) is 0 Å². The molecule has 0 aromatic rings. The van der Waals surface area contributed by atoms with E-state index >= 15 is 0 Å². The van der Waals surface area contributed by atoms with E-state index in [1.54, 1.807) is 0 Å².